The summed E-state index contributed by atoms with van der Waals surface area (Å²) in [5, 5.41) is 12.2. The topological polar surface area (TPSA) is 49.3 Å². The molecule has 0 radical (unpaired) electrons. The molecule has 0 heterocycles. The minimum Gasteiger partial charge on any atom is -0.508 e. The van der Waals surface area contributed by atoms with Crippen molar-refractivity contribution in [3.05, 3.63) is 59.7 Å². The smallest absolute Gasteiger partial charge is 0.224 e. The Labute approximate surface area is 119 Å². The van der Waals surface area contributed by atoms with E-state index in [0.29, 0.717) is 6.42 Å². The number of carbonyl (C=O) groups excluding carboxylic acids is 1. The van der Waals surface area contributed by atoms with E-state index in [9.17, 15) is 9.90 Å². The maximum Gasteiger partial charge on any atom is 0.224 e. The number of benzene rings is 2. The molecule has 0 saturated heterocycles. The van der Waals surface area contributed by atoms with Crippen molar-refractivity contribution in [2.45, 2.75) is 26.2 Å². The Morgan fingerprint density at radius 3 is 2.55 bits per heavy atom. The molecule has 0 aliphatic carbocycles. The molecule has 1 atom stereocenters. The van der Waals surface area contributed by atoms with Gasteiger partial charge in [0, 0.05) is 12.1 Å². The van der Waals surface area contributed by atoms with Gasteiger partial charge < -0.3 is 10.4 Å². The average molecular weight is 269 g/mol. The second-order valence-corrected chi connectivity index (χ2v) is 5.06. The lowest BCUT2D eigenvalue weighted by Crippen LogP contribution is -2.15. The molecule has 0 fully saturated rings. The van der Waals surface area contributed by atoms with Crippen molar-refractivity contribution >= 4 is 11.6 Å². The largest absolute Gasteiger partial charge is 0.508 e. The fraction of sp³-hybridized carbons (Fsp3) is 0.235. The number of aromatic hydroxyl groups is 1. The molecule has 2 N–H and O–H groups in total. The van der Waals surface area contributed by atoms with Gasteiger partial charge in [-0.05, 0) is 42.2 Å². The lowest BCUT2D eigenvalue weighted by Gasteiger charge is -2.13. The van der Waals surface area contributed by atoms with Crippen LogP contribution in [0, 0.1) is 6.92 Å². The third-order valence-electron chi connectivity index (χ3n) is 3.34. The number of carbonyl (C=O) groups is 1. The average Bonchev–Trinajstić information content (AvgIpc) is 2.43. The van der Waals surface area contributed by atoms with Crippen LogP contribution in [0.5, 0.6) is 5.75 Å². The van der Waals surface area contributed by atoms with Gasteiger partial charge in [-0.15, -0.1) is 0 Å². The van der Waals surface area contributed by atoms with Gasteiger partial charge in [0.25, 0.3) is 0 Å². The number of hydrogen-bond donors (Lipinski definition) is 2. The lowest BCUT2D eigenvalue weighted by atomic mass is 9.97. The summed E-state index contributed by atoms with van der Waals surface area (Å²) in [6.45, 7) is 3.90. The van der Waals surface area contributed by atoms with E-state index in [1.54, 1.807) is 18.2 Å². The molecule has 3 nitrogen and oxygen atoms in total. The summed E-state index contributed by atoms with van der Waals surface area (Å²) in [5.74, 6) is 0.363. The van der Waals surface area contributed by atoms with E-state index in [1.807, 2.05) is 44.2 Å². The van der Waals surface area contributed by atoms with Gasteiger partial charge in [-0.2, -0.15) is 0 Å². The maximum absolute atomic E-state index is 12.1. The fourth-order valence-electron chi connectivity index (χ4n) is 2.17. The van der Waals surface area contributed by atoms with Crippen LogP contribution >= 0.6 is 0 Å². The highest BCUT2D eigenvalue weighted by atomic mass is 16.3. The van der Waals surface area contributed by atoms with Crippen LogP contribution in [0.4, 0.5) is 5.69 Å². The molecule has 104 valence electrons. The molecule has 1 amide bonds. The van der Waals surface area contributed by atoms with Crippen molar-refractivity contribution < 1.29 is 9.90 Å². The number of nitrogens with one attached hydrogen (secondary N) is 1. The zero-order valence-electron chi connectivity index (χ0n) is 11.8. The highest BCUT2D eigenvalue weighted by molar-refractivity contribution is 5.92. The molecule has 2 aromatic rings. The molecule has 0 saturated carbocycles. The van der Waals surface area contributed by atoms with E-state index in [-0.39, 0.29) is 17.6 Å². The molecular formula is C17H19NO2. The molecule has 0 aliphatic rings. The van der Waals surface area contributed by atoms with Gasteiger partial charge in [-0.1, -0.05) is 37.3 Å². The number of phenolic OH excluding ortho intramolecular Hbond substituents is 1. The lowest BCUT2D eigenvalue weighted by molar-refractivity contribution is -0.116. The number of hydrogen-bond acceptors (Lipinski definition) is 2. The number of aryl methyl sites for hydroxylation is 1. The van der Waals surface area contributed by atoms with Gasteiger partial charge in [0.15, 0.2) is 0 Å². The van der Waals surface area contributed by atoms with Crippen molar-refractivity contribution in [2.75, 3.05) is 5.32 Å². The van der Waals surface area contributed by atoms with Crippen LogP contribution in [0.3, 0.4) is 0 Å². The zero-order valence-corrected chi connectivity index (χ0v) is 11.8. The number of rotatable bonds is 4. The first-order chi connectivity index (χ1) is 9.56. The minimum atomic E-state index is -0.0184. The van der Waals surface area contributed by atoms with Crippen LogP contribution in [-0.4, -0.2) is 11.0 Å². The predicted molar refractivity (Wildman–Crippen MR) is 80.9 cm³/mol. The summed E-state index contributed by atoms with van der Waals surface area (Å²) in [6.07, 6.45) is 0.435. The summed E-state index contributed by atoms with van der Waals surface area (Å²) >= 11 is 0. The van der Waals surface area contributed by atoms with Crippen LogP contribution in [-0.2, 0) is 4.79 Å². The van der Waals surface area contributed by atoms with Crippen molar-refractivity contribution in [3.63, 3.8) is 0 Å². The molecule has 3 heteroatoms. The molecule has 1 unspecified atom stereocenters. The third-order valence-corrected chi connectivity index (χ3v) is 3.34. The maximum atomic E-state index is 12.1. The van der Waals surface area contributed by atoms with Gasteiger partial charge in [-0.3, -0.25) is 4.79 Å². The highest BCUT2D eigenvalue weighted by Crippen LogP contribution is 2.22. The standard InChI is InChI=1S/C17H19NO2/c1-12(14-6-4-3-5-7-14)11-17(20)18-16-9-8-15(19)10-13(16)2/h3-10,12,19H,11H2,1-2H3,(H,18,20). The SMILES string of the molecule is Cc1cc(O)ccc1NC(=O)CC(C)c1ccccc1. The van der Waals surface area contributed by atoms with E-state index in [0.717, 1.165) is 16.8 Å². The van der Waals surface area contributed by atoms with Gasteiger partial charge in [0.2, 0.25) is 5.91 Å². The monoisotopic (exact) mass is 269 g/mol. The molecule has 20 heavy (non-hydrogen) atoms. The Morgan fingerprint density at radius 1 is 1.20 bits per heavy atom. The van der Waals surface area contributed by atoms with E-state index >= 15 is 0 Å². The zero-order chi connectivity index (χ0) is 14.5. The number of anilines is 1. The Balaban J connectivity index is 1.99. The van der Waals surface area contributed by atoms with Crippen molar-refractivity contribution in [1.82, 2.24) is 0 Å². The van der Waals surface area contributed by atoms with Gasteiger partial charge in [0.1, 0.15) is 5.75 Å². The Bertz CT molecular complexity index is 593. The highest BCUT2D eigenvalue weighted by Gasteiger charge is 2.12. The second-order valence-electron chi connectivity index (χ2n) is 5.06. The van der Waals surface area contributed by atoms with Gasteiger partial charge >= 0.3 is 0 Å². The predicted octanol–water partition coefficient (Wildman–Crippen LogP) is 3.83. The molecule has 0 aromatic heterocycles. The fourth-order valence-corrected chi connectivity index (χ4v) is 2.17. The van der Waals surface area contributed by atoms with Crippen LogP contribution in [0.1, 0.15) is 30.4 Å². The molecule has 0 aliphatic heterocycles. The van der Waals surface area contributed by atoms with Gasteiger partial charge in [-0.25, -0.2) is 0 Å². The van der Waals surface area contributed by atoms with Crippen LogP contribution in [0.2, 0.25) is 0 Å². The Hall–Kier alpha value is -2.29. The van der Waals surface area contributed by atoms with Crippen LogP contribution in [0.25, 0.3) is 0 Å². The molecule has 0 spiro atoms. The summed E-state index contributed by atoms with van der Waals surface area (Å²) in [4.78, 5) is 12.1. The first-order valence-electron chi connectivity index (χ1n) is 6.70. The van der Waals surface area contributed by atoms with Gasteiger partial charge in [0.05, 0.1) is 0 Å². The first-order valence-corrected chi connectivity index (χ1v) is 6.70. The Kier molecular flexibility index (Phi) is 4.41. The molecule has 2 rings (SSSR count). The molecule has 2 aromatic carbocycles. The minimum absolute atomic E-state index is 0.0184. The summed E-state index contributed by atoms with van der Waals surface area (Å²) < 4.78 is 0. The quantitative estimate of drug-likeness (QED) is 0.829. The van der Waals surface area contributed by atoms with Crippen molar-refractivity contribution in [1.29, 1.82) is 0 Å². The molecule has 0 bridgehead atoms. The van der Waals surface area contributed by atoms with Crippen molar-refractivity contribution in [2.24, 2.45) is 0 Å². The first kappa shape index (κ1) is 14.1. The summed E-state index contributed by atoms with van der Waals surface area (Å²) in [6, 6.07) is 14.9. The van der Waals surface area contributed by atoms with E-state index < -0.39 is 0 Å². The Morgan fingerprint density at radius 2 is 1.90 bits per heavy atom. The third kappa shape index (κ3) is 3.60. The van der Waals surface area contributed by atoms with E-state index in [4.69, 9.17) is 0 Å². The normalized spacial score (nSPS) is 11.9. The number of phenols is 1. The van der Waals surface area contributed by atoms with Crippen LogP contribution < -0.4 is 5.32 Å². The summed E-state index contributed by atoms with van der Waals surface area (Å²) in [5.41, 5.74) is 2.75. The van der Waals surface area contributed by atoms with Crippen molar-refractivity contribution in [3.8, 4) is 5.75 Å². The number of amides is 1. The second kappa shape index (κ2) is 6.24. The van der Waals surface area contributed by atoms with E-state index in [2.05, 4.69) is 5.32 Å². The van der Waals surface area contributed by atoms with E-state index in [1.165, 1.54) is 0 Å². The summed E-state index contributed by atoms with van der Waals surface area (Å²) in [7, 11) is 0. The molecular weight excluding hydrogens is 250 g/mol. The van der Waals surface area contributed by atoms with Crippen LogP contribution in [0.15, 0.2) is 48.5 Å².